The van der Waals surface area contributed by atoms with Crippen LogP contribution in [0.25, 0.3) is 0 Å². The molecule has 1 saturated heterocycles. The maximum absolute atomic E-state index is 11.7. The van der Waals surface area contributed by atoms with E-state index in [0.29, 0.717) is 12.5 Å². The fourth-order valence-electron chi connectivity index (χ4n) is 2.23. The Morgan fingerprint density at radius 2 is 2.12 bits per heavy atom. The molecule has 1 aliphatic heterocycles. The van der Waals surface area contributed by atoms with Crippen molar-refractivity contribution in [2.75, 3.05) is 37.4 Å². The molecule has 1 atom stereocenters. The van der Waals surface area contributed by atoms with Crippen molar-refractivity contribution in [2.24, 2.45) is 10.7 Å². The van der Waals surface area contributed by atoms with Crippen molar-refractivity contribution in [3.63, 3.8) is 0 Å². The molecule has 0 aromatic rings. The first-order valence-corrected chi connectivity index (χ1v) is 8.81. The standard InChI is InChI=1S/C11H21N3OS2/c1-17(15)11(3-2-4-11)9-13-10(12)14-5-7-16-8-6-14/h2-9H2,1H3,(H2,12,13). The number of thioether (sulfide) groups is 1. The molecule has 0 aromatic heterocycles. The molecule has 2 N–H and O–H groups in total. The van der Waals surface area contributed by atoms with E-state index in [-0.39, 0.29) is 4.75 Å². The molecular formula is C11H21N3OS2. The monoisotopic (exact) mass is 275 g/mol. The van der Waals surface area contributed by atoms with Crippen molar-refractivity contribution >= 4 is 28.5 Å². The van der Waals surface area contributed by atoms with E-state index in [0.717, 1.165) is 37.4 Å². The molecule has 4 nitrogen and oxygen atoms in total. The van der Waals surface area contributed by atoms with E-state index in [4.69, 9.17) is 5.73 Å². The summed E-state index contributed by atoms with van der Waals surface area (Å²) < 4.78 is 11.6. The zero-order valence-electron chi connectivity index (χ0n) is 10.4. The highest BCUT2D eigenvalue weighted by Gasteiger charge is 2.40. The fourth-order valence-corrected chi connectivity index (χ4v) is 4.24. The lowest BCUT2D eigenvalue weighted by molar-refractivity contribution is 0.358. The summed E-state index contributed by atoms with van der Waals surface area (Å²) in [6.07, 6.45) is 5.03. The van der Waals surface area contributed by atoms with Gasteiger partial charge in [-0.3, -0.25) is 9.20 Å². The van der Waals surface area contributed by atoms with E-state index in [1.165, 1.54) is 6.42 Å². The molecule has 0 aromatic carbocycles. The molecule has 1 aliphatic carbocycles. The van der Waals surface area contributed by atoms with Crippen LogP contribution in [-0.4, -0.2) is 57.2 Å². The first kappa shape index (κ1) is 13.2. The van der Waals surface area contributed by atoms with Crippen molar-refractivity contribution in [3.8, 4) is 0 Å². The van der Waals surface area contributed by atoms with Crippen LogP contribution in [0, 0.1) is 0 Å². The summed E-state index contributed by atoms with van der Waals surface area (Å²) in [5, 5.41) is 0. The van der Waals surface area contributed by atoms with Crippen molar-refractivity contribution in [1.82, 2.24) is 4.90 Å². The average molecular weight is 275 g/mol. The molecule has 0 amide bonds. The molecule has 1 unspecified atom stereocenters. The van der Waals surface area contributed by atoms with Gasteiger partial charge in [0.25, 0.3) is 0 Å². The van der Waals surface area contributed by atoms with Crippen molar-refractivity contribution < 1.29 is 4.21 Å². The quantitative estimate of drug-likeness (QED) is 0.607. The molecule has 0 spiro atoms. The molecule has 98 valence electrons. The maximum atomic E-state index is 11.7. The number of hydrogen-bond acceptors (Lipinski definition) is 3. The highest BCUT2D eigenvalue weighted by atomic mass is 32.2. The third kappa shape index (κ3) is 2.96. The minimum absolute atomic E-state index is 0.0742. The Hall–Kier alpha value is -0.230. The van der Waals surface area contributed by atoms with Crippen LogP contribution in [0.5, 0.6) is 0 Å². The zero-order chi connectivity index (χ0) is 12.3. The summed E-state index contributed by atoms with van der Waals surface area (Å²) in [4.78, 5) is 6.62. The SMILES string of the molecule is CS(=O)C1(CN=C(N)N2CCSCC2)CCC1. The number of nitrogens with two attached hydrogens (primary N) is 1. The van der Waals surface area contributed by atoms with Crippen LogP contribution < -0.4 is 5.73 Å². The van der Waals surface area contributed by atoms with Gasteiger partial charge in [-0.05, 0) is 12.8 Å². The van der Waals surface area contributed by atoms with Crippen molar-refractivity contribution in [1.29, 1.82) is 0 Å². The van der Waals surface area contributed by atoms with Gasteiger partial charge in [0.1, 0.15) is 0 Å². The third-order valence-corrected chi connectivity index (χ3v) is 6.44. The summed E-state index contributed by atoms with van der Waals surface area (Å²) in [6.45, 7) is 2.61. The largest absolute Gasteiger partial charge is 0.370 e. The molecular weight excluding hydrogens is 254 g/mol. The van der Waals surface area contributed by atoms with Gasteiger partial charge in [0.15, 0.2) is 5.96 Å². The average Bonchev–Trinajstić information content (AvgIpc) is 2.28. The Bertz CT molecular complexity index is 323. The van der Waals surface area contributed by atoms with Gasteiger partial charge < -0.3 is 10.6 Å². The summed E-state index contributed by atoms with van der Waals surface area (Å²) in [5.74, 6) is 2.89. The summed E-state index contributed by atoms with van der Waals surface area (Å²) >= 11 is 1.96. The van der Waals surface area contributed by atoms with Gasteiger partial charge >= 0.3 is 0 Å². The number of nitrogens with zero attached hydrogens (tertiary/aromatic N) is 2. The number of rotatable bonds is 3. The molecule has 2 rings (SSSR count). The minimum atomic E-state index is -0.789. The lowest BCUT2D eigenvalue weighted by Gasteiger charge is -2.38. The molecule has 0 bridgehead atoms. The van der Waals surface area contributed by atoms with Gasteiger partial charge in [0.05, 0.1) is 11.3 Å². The van der Waals surface area contributed by atoms with Crippen LogP contribution in [-0.2, 0) is 10.8 Å². The van der Waals surface area contributed by atoms with Gasteiger partial charge in [0.2, 0.25) is 0 Å². The second kappa shape index (κ2) is 5.61. The minimum Gasteiger partial charge on any atom is -0.370 e. The topological polar surface area (TPSA) is 58.7 Å². The number of guanidine groups is 1. The van der Waals surface area contributed by atoms with E-state index < -0.39 is 10.8 Å². The van der Waals surface area contributed by atoms with E-state index >= 15 is 0 Å². The predicted molar refractivity (Wildman–Crippen MR) is 76.0 cm³/mol. The Labute approximate surface area is 110 Å². The second-order valence-corrected chi connectivity index (χ2v) is 7.76. The third-order valence-electron chi connectivity index (χ3n) is 3.74. The first-order valence-electron chi connectivity index (χ1n) is 6.10. The van der Waals surface area contributed by atoms with E-state index in [1.54, 1.807) is 6.26 Å². The van der Waals surface area contributed by atoms with E-state index in [1.807, 2.05) is 11.8 Å². The number of hydrogen-bond donors (Lipinski definition) is 1. The Kier molecular flexibility index (Phi) is 4.36. The molecule has 2 fully saturated rings. The lowest BCUT2D eigenvalue weighted by atomic mass is 9.84. The van der Waals surface area contributed by atoms with Crippen molar-refractivity contribution in [3.05, 3.63) is 0 Å². The fraction of sp³-hybridized carbons (Fsp3) is 0.909. The van der Waals surface area contributed by atoms with Crippen LogP contribution in [0.15, 0.2) is 4.99 Å². The van der Waals surface area contributed by atoms with Gasteiger partial charge in [0, 0.05) is 41.7 Å². The van der Waals surface area contributed by atoms with E-state index in [9.17, 15) is 4.21 Å². The number of aliphatic imine (C=N–C) groups is 1. The zero-order valence-corrected chi connectivity index (χ0v) is 12.0. The van der Waals surface area contributed by atoms with E-state index in [2.05, 4.69) is 9.89 Å². The van der Waals surface area contributed by atoms with Crippen LogP contribution in [0.2, 0.25) is 0 Å². The Morgan fingerprint density at radius 3 is 2.59 bits per heavy atom. The smallest absolute Gasteiger partial charge is 0.191 e. The Morgan fingerprint density at radius 1 is 1.47 bits per heavy atom. The molecule has 6 heteroatoms. The molecule has 17 heavy (non-hydrogen) atoms. The second-order valence-electron chi connectivity index (χ2n) is 4.76. The molecule has 1 saturated carbocycles. The molecule has 0 radical (unpaired) electrons. The van der Waals surface area contributed by atoms with Gasteiger partial charge in [-0.1, -0.05) is 6.42 Å². The maximum Gasteiger partial charge on any atom is 0.191 e. The van der Waals surface area contributed by atoms with Gasteiger partial charge in [-0.15, -0.1) is 0 Å². The molecule has 2 aliphatic rings. The van der Waals surface area contributed by atoms with Gasteiger partial charge in [-0.2, -0.15) is 11.8 Å². The van der Waals surface area contributed by atoms with Crippen LogP contribution >= 0.6 is 11.8 Å². The lowest BCUT2D eigenvalue weighted by Crippen LogP contribution is -2.47. The van der Waals surface area contributed by atoms with Crippen LogP contribution in [0.4, 0.5) is 0 Å². The highest BCUT2D eigenvalue weighted by Crippen LogP contribution is 2.37. The Balaban J connectivity index is 1.92. The van der Waals surface area contributed by atoms with Crippen LogP contribution in [0.3, 0.4) is 0 Å². The predicted octanol–water partition coefficient (Wildman–Crippen LogP) is 0.651. The molecule has 1 heterocycles. The van der Waals surface area contributed by atoms with Crippen LogP contribution in [0.1, 0.15) is 19.3 Å². The first-order chi connectivity index (χ1) is 8.14. The summed E-state index contributed by atoms with van der Waals surface area (Å²) in [7, 11) is -0.789. The summed E-state index contributed by atoms with van der Waals surface area (Å²) in [5.41, 5.74) is 6.00. The van der Waals surface area contributed by atoms with Crippen molar-refractivity contribution in [2.45, 2.75) is 24.0 Å². The normalized spacial score (nSPS) is 26.4. The summed E-state index contributed by atoms with van der Waals surface area (Å²) in [6, 6.07) is 0. The highest BCUT2D eigenvalue weighted by molar-refractivity contribution is 7.99. The van der Waals surface area contributed by atoms with Gasteiger partial charge in [-0.25, -0.2) is 0 Å².